The summed E-state index contributed by atoms with van der Waals surface area (Å²) in [7, 11) is 3.99. The molecule has 0 aromatic heterocycles. The molecule has 0 saturated heterocycles. The van der Waals surface area contributed by atoms with E-state index < -0.39 is 0 Å². The van der Waals surface area contributed by atoms with Gasteiger partial charge in [0.2, 0.25) is 0 Å². The summed E-state index contributed by atoms with van der Waals surface area (Å²) in [6, 6.07) is 0. The van der Waals surface area contributed by atoms with E-state index in [9.17, 15) is 0 Å². The summed E-state index contributed by atoms with van der Waals surface area (Å²) >= 11 is 0. The van der Waals surface area contributed by atoms with E-state index in [2.05, 4.69) is 66.8 Å². The Morgan fingerprint density at radius 1 is 1.07 bits per heavy atom. The Bertz CT molecular complexity index is 749. The minimum atomic E-state index is 0.0775. The number of unbranched alkanes of at least 4 members (excludes halogenated alkanes) is 1. The third-order valence-electron chi connectivity index (χ3n) is 10.6. The lowest BCUT2D eigenvalue weighted by Crippen LogP contribution is -2.35. The van der Waals surface area contributed by atoms with Gasteiger partial charge < -0.3 is 11.1 Å². The van der Waals surface area contributed by atoms with Gasteiger partial charge in [-0.25, -0.2) is 0 Å². The van der Waals surface area contributed by atoms with Crippen LogP contribution < -0.4 is 11.1 Å². The van der Waals surface area contributed by atoms with Gasteiger partial charge in [0.05, 0.1) is 0 Å². The summed E-state index contributed by atoms with van der Waals surface area (Å²) in [4.78, 5) is 0. The molecule has 7 atom stereocenters. The highest BCUT2D eigenvalue weighted by atomic mass is 33.1. The smallest absolute Gasteiger partial charge is 0.185 e. The second-order valence-corrected chi connectivity index (χ2v) is 17.5. The van der Waals surface area contributed by atoms with Crippen LogP contribution in [0.25, 0.3) is 0 Å². The van der Waals surface area contributed by atoms with Gasteiger partial charge in [-0.3, -0.25) is 5.41 Å². The molecule has 3 nitrogen and oxygen atoms in total. The van der Waals surface area contributed by atoms with Gasteiger partial charge in [0.1, 0.15) is 0 Å². The predicted octanol–water partition coefficient (Wildman–Crippen LogP) is 10.7. The molecule has 2 aliphatic carbocycles. The standard InChI is InChI=1S/C35H67N3S2/c1-9-31(40-39-22-21-38-34(36)37)23-30-19-20-33-29(24-35(30,7)8)18-17-28(6)32(33)16-12-15-27(5)26(4)14-11-10-13-25(2)3/h19,25-29,31-33H,9-18,20-24H2,1-8H3,(H4,36,37,38). The molecule has 0 aromatic rings. The summed E-state index contributed by atoms with van der Waals surface area (Å²) in [6.45, 7) is 20.5. The Kier molecular flexibility index (Phi) is 16.5. The average Bonchev–Trinajstić information content (AvgIpc) is 3.01. The van der Waals surface area contributed by atoms with E-state index in [1.807, 2.05) is 21.6 Å². The Morgan fingerprint density at radius 2 is 1.75 bits per heavy atom. The maximum atomic E-state index is 7.34. The molecule has 234 valence electrons. The number of guanidine groups is 1. The first-order valence-corrected chi connectivity index (χ1v) is 19.4. The third-order valence-corrected chi connectivity index (χ3v) is 13.6. The fourth-order valence-corrected chi connectivity index (χ4v) is 10.2. The molecule has 1 fully saturated rings. The number of nitrogens with one attached hydrogen (secondary N) is 2. The molecule has 2 aliphatic rings. The Balaban J connectivity index is 1.91. The van der Waals surface area contributed by atoms with Crippen LogP contribution in [-0.2, 0) is 0 Å². The number of hydrogen-bond donors (Lipinski definition) is 3. The third kappa shape index (κ3) is 12.5. The normalized spacial score (nSPS) is 26.9. The molecule has 4 N–H and O–H groups in total. The van der Waals surface area contributed by atoms with Crippen molar-refractivity contribution >= 4 is 27.5 Å². The summed E-state index contributed by atoms with van der Waals surface area (Å²) in [6.07, 6.45) is 20.7. The summed E-state index contributed by atoms with van der Waals surface area (Å²) < 4.78 is 0. The molecule has 0 bridgehead atoms. The van der Waals surface area contributed by atoms with Crippen molar-refractivity contribution in [1.82, 2.24) is 5.32 Å². The van der Waals surface area contributed by atoms with E-state index in [1.165, 1.54) is 83.5 Å². The number of fused-ring (bicyclic) bond motifs is 1. The van der Waals surface area contributed by atoms with Gasteiger partial charge in [-0.1, -0.05) is 134 Å². The molecule has 2 rings (SSSR count). The molecule has 0 radical (unpaired) electrons. The summed E-state index contributed by atoms with van der Waals surface area (Å²) in [5, 5.41) is 10.9. The van der Waals surface area contributed by atoms with E-state index in [4.69, 9.17) is 11.1 Å². The zero-order valence-corrected chi connectivity index (χ0v) is 29.3. The largest absolute Gasteiger partial charge is 0.370 e. The van der Waals surface area contributed by atoms with Crippen molar-refractivity contribution in [3.63, 3.8) is 0 Å². The van der Waals surface area contributed by atoms with Crippen LogP contribution in [0.1, 0.15) is 139 Å². The van der Waals surface area contributed by atoms with Crippen LogP contribution in [0, 0.1) is 52.2 Å². The minimum Gasteiger partial charge on any atom is -0.370 e. The van der Waals surface area contributed by atoms with E-state index >= 15 is 0 Å². The molecular formula is C35H67N3S2. The van der Waals surface area contributed by atoms with Gasteiger partial charge in [-0.05, 0) is 85.4 Å². The van der Waals surface area contributed by atoms with E-state index in [1.54, 1.807) is 5.57 Å². The molecule has 0 heterocycles. The first-order chi connectivity index (χ1) is 18.9. The summed E-state index contributed by atoms with van der Waals surface area (Å²) in [5.74, 6) is 7.27. The van der Waals surface area contributed by atoms with Crippen LogP contribution in [0.5, 0.6) is 0 Å². The van der Waals surface area contributed by atoms with Gasteiger partial charge in [-0.2, -0.15) is 0 Å². The fourth-order valence-electron chi connectivity index (χ4n) is 7.62. The molecule has 7 unspecified atom stereocenters. The van der Waals surface area contributed by atoms with Crippen molar-refractivity contribution in [1.29, 1.82) is 5.41 Å². The van der Waals surface area contributed by atoms with Crippen LogP contribution in [0.3, 0.4) is 0 Å². The van der Waals surface area contributed by atoms with Gasteiger partial charge >= 0.3 is 0 Å². The van der Waals surface area contributed by atoms with Gasteiger partial charge in [0.25, 0.3) is 0 Å². The average molecular weight is 594 g/mol. The van der Waals surface area contributed by atoms with Gasteiger partial charge in [0.15, 0.2) is 5.96 Å². The molecule has 0 aromatic carbocycles. The van der Waals surface area contributed by atoms with Crippen LogP contribution in [0.15, 0.2) is 11.6 Å². The molecular weight excluding hydrogens is 527 g/mol. The second-order valence-electron chi connectivity index (χ2n) is 14.8. The number of hydrogen-bond acceptors (Lipinski definition) is 3. The van der Waals surface area contributed by atoms with Crippen LogP contribution in [-0.4, -0.2) is 23.5 Å². The molecule has 5 heteroatoms. The first kappa shape index (κ1) is 35.9. The molecule has 0 aliphatic heterocycles. The van der Waals surface area contributed by atoms with Crippen molar-refractivity contribution in [2.45, 2.75) is 144 Å². The van der Waals surface area contributed by atoms with Crippen molar-refractivity contribution < 1.29 is 0 Å². The number of allylic oxidation sites excluding steroid dienone is 2. The minimum absolute atomic E-state index is 0.0775. The van der Waals surface area contributed by atoms with Crippen molar-refractivity contribution in [3.05, 3.63) is 11.6 Å². The van der Waals surface area contributed by atoms with Crippen molar-refractivity contribution in [2.24, 2.45) is 52.6 Å². The summed E-state index contributed by atoms with van der Waals surface area (Å²) in [5.41, 5.74) is 7.48. The molecule has 0 spiro atoms. The number of rotatable bonds is 18. The Labute approximate surface area is 258 Å². The highest BCUT2D eigenvalue weighted by Gasteiger charge is 2.41. The maximum Gasteiger partial charge on any atom is 0.185 e. The van der Waals surface area contributed by atoms with Crippen molar-refractivity contribution in [2.75, 3.05) is 12.3 Å². The van der Waals surface area contributed by atoms with Gasteiger partial charge in [-0.15, -0.1) is 0 Å². The van der Waals surface area contributed by atoms with Crippen molar-refractivity contribution in [3.8, 4) is 0 Å². The Morgan fingerprint density at radius 3 is 2.40 bits per heavy atom. The highest BCUT2D eigenvalue weighted by Crippen LogP contribution is 2.52. The first-order valence-electron chi connectivity index (χ1n) is 17.0. The highest BCUT2D eigenvalue weighted by molar-refractivity contribution is 8.76. The van der Waals surface area contributed by atoms with Crippen LogP contribution in [0.2, 0.25) is 0 Å². The quantitative estimate of drug-likeness (QED) is 0.0486. The van der Waals surface area contributed by atoms with E-state index in [0.29, 0.717) is 10.7 Å². The van der Waals surface area contributed by atoms with E-state index in [-0.39, 0.29) is 5.96 Å². The van der Waals surface area contributed by atoms with Gasteiger partial charge in [0, 0.05) is 17.5 Å². The van der Waals surface area contributed by atoms with E-state index in [0.717, 1.165) is 53.7 Å². The van der Waals surface area contributed by atoms with Crippen LogP contribution in [0.4, 0.5) is 0 Å². The number of nitrogens with two attached hydrogens (primary N) is 1. The molecule has 1 saturated carbocycles. The molecule has 0 amide bonds. The SMILES string of the molecule is CCC(CC1=CCC2C(CCC(C)C2CCCC(C)C(C)CCCCC(C)C)CC1(C)C)SSCCNC(=N)N. The Hall–Kier alpha value is -0.290. The fraction of sp³-hybridized carbons (Fsp3) is 0.914. The monoisotopic (exact) mass is 593 g/mol. The maximum absolute atomic E-state index is 7.34. The predicted molar refractivity (Wildman–Crippen MR) is 184 cm³/mol. The lowest BCUT2D eigenvalue weighted by atomic mass is 9.62. The second kappa shape index (κ2) is 18.4. The van der Waals surface area contributed by atoms with Crippen LogP contribution >= 0.6 is 21.6 Å². The lowest BCUT2D eigenvalue weighted by molar-refractivity contribution is 0.0710. The lowest BCUT2D eigenvalue weighted by Gasteiger charge is -2.43. The zero-order chi connectivity index (χ0) is 29.7. The molecule has 40 heavy (non-hydrogen) atoms. The zero-order valence-electron chi connectivity index (χ0n) is 27.7. The topological polar surface area (TPSA) is 61.9 Å².